The summed E-state index contributed by atoms with van der Waals surface area (Å²) in [4.78, 5) is 32.8. The number of rotatable bonds is 4. The Balaban J connectivity index is 1.56. The zero-order valence-corrected chi connectivity index (χ0v) is 20.2. The number of esters is 1. The van der Waals surface area contributed by atoms with Gasteiger partial charge < -0.3 is 15.8 Å². The van der Waals surface area contributed by atoms with Gasteiger partial charge in [0.05, 0.1) is 18.4 Å². The van der Waals surface area contributed by atoms with Crippen LogP contribution in [0.3, 0.4) is 0 Å². The number of amides is 1. The van der Waals surface area contributed by atoms with E-state index >= 15 is 0 Å². The zero-order valence-electron chi connectivity index (χ0n) is 18.5. The Labute approximate surface area is 199 Å². The fourth-order valence-electron chi connectivity index (χ4n) is 4.21. The topological polar surface area (TPSA) is 94.3 Å². The van der Waals surface area contributed by atoms with Crippen molar-refractivity contribution >= 4 is 55.5 Å². The van der Waals surface area contributed by atoms with Crippen molar-refractivity contribution in [2.24, 2.45) is 0 Å². The summed E-state index contributed by atoms with van der Waals surface area (Å²) in [6.07, 6.45) is 1.56. The highest BCUT2D eigenvalue weighted by Gasteiger charge is 2.30. The predicted octanol–water partition coefficient (Wildman–Crippen LogP) is 5.87. The number of anilines is 2. The molecule has 1 aliphatic carbocycles. The molecule has 1 aliphatic rings. The summed E-state index contributed by atoms with van der Waals surface area (Å²) in [5, 5.41) is 4.20. The first-order valence-electron chi connectivity index (χ1n) is 10.7. The summed E-state index contributed by atoms with van der Waals surface area (Å²) in [6, 6.07) is 12.0. The lowest BCUT2D eigenvalue weighted by Crippen LogP contribution is -2.15. The number of hydrogen-bond acceptors (Lipinski definition) is 7. The third kappa shape index (κ3) is 3.59. The third-order valence-corrected chi connectivity index (χ3v) is 8.24. The van der Waals surface area contributed by atoms with Gasteiger partial charge in [-0.15, -0.1) is 22.7 Å². The Morgan fingerprint density at radius 2 is 1.91 bits per heavy atom. The van der Waals surface area contributed by atoms with Gasteiger partial charge in [-0.25, -0.2) is 9.78 Å². The number of nitrogens with zero attached hydrogens (tertiary/aromatic N) is 1. The molecule has 1 aromatic carbocycles. The van der Waals surface area contributed by atoms with E-state index in [2.05, 4.69) is 36.3 Å². The Hall–Kier alpha value is -3.23. The van der Waals surface area contributed by atoms with Crippen LogP contribution in [0.25, 0.3) is 20.7 Å². The van der Waals surface area contributed by atoms with Crippen molar-refractivity contribution in [3.05, 3.63) is 63.7 Å². The molecular weight excluding hydrogens is 454 g/mol. The minimum absolute atomic E-state index is 0.276. The molecule has 0 radical (unpaired) electrons. The van der Waals surface area contributed by atoms with Crippen molar-refractivity contribution in [2.75, 3.05) is 18.2 Å². The number of benzene rings is 1. The normalized spacial score (nSPS) is 12.5. The van der Waals surface area contributed by atoms with Crippen LogP contribution in [0.15, 0.2) is 36.4 Å². The number of pyridine rings is 1. The molecular formula is C25H23N3O3S2. The second-order valence-electron chi connectivity index (χ2n) is 8.31. The van der Waals surface area contributed by atoms with Gasteiger partial charge in [0.2, 0.25) is 0 Å². The van der Waals surface area contributed by atoms with Crippen LogP contribution in [-0.4, -0.2) is 24.0 Å². The van der Waals surface area contributed by atoms with Crippen molar-refractivity contribution < 1.29 is 14.3 Å². The average Bonchev–Trinajstić information content (AvgIpc) is 3.35. The van der Waals surface area contributed by atoms with E-state index in [9.17, 15) is 9.59 Å². The molecule has 5 rings (SSSR count). The molecule has 0 spiro atoms. The van der Waals surface area contributed by atoms with Crippen LogP contribution in [0.4, 0.5) is 10.7 Å². The third-order valence-electron chi connectivity index (χ3n) is 5.94. The molecule has 0 aliphatic heterocycles. The molecule has 0 saturated carbocycles. The number of ether oxygens (including phenoxy) is 1. The average molecular weight is 478 g/mol. The van der Waals surface area contributed by atoms with E-state index in [1.807, 2.05) is 24.3 Å². The number of nitrogens with two attached hydrogens (primary N) is 1. The molecule has 0 bridgehead atoms. The van der Waals surface area contributed by atoms with Gasteiger partial charge in [0.1, 0.15) is 14.7 Å². The van der Waals surface area contributed by atoms with Gasteiger partial charge in [-0.3, -0.25) is 4.79 Å². The van der Waals surface area contributed by atoms with Crippen molar-refractivity contribution in [3.8, 4) is 10.4 Å². The summed E-state index contributed by atoms with van der Waals surface area (Å²) in [5.41, 5.74) is 11.4. The highest BCUT2D eigenvalue weighted by Crippen LogP contribution is 2.46. The number of fused-ring (bicyclic) bond motifs is 4. The molecule has 168 valence electrons. The van der Waals surface area contributed by atoms with E-state index in [1.54, 1.807) is 0 Å². The van der Waals surface area contributed by atoms with Gasteiger partial charge in [-0.1, -0.05) is 38.1 Å². The molecule has 6 nitrogen and oxygen atoms in total. The van der Waals surface area contributed by atoms with Gasteiger partial charge in [-0.05, 0) is 47.6 Å². The summed E-state index contributed by atoms with van der Waals surface area (Å²) >= 11 is 2.67. The molecule has 0 atom stereocenters. The van der Waals surface area contributed by atoms with Crippen molar-refractivity contribution in [1.29, 1.82) is 0 Å². The minimum Gasteiger partial charge on any atom is -0.465 e. The second-order valence-corrected chi connectivity index (χ2v) is 10.3. The number of carbonyl (C=O) groups excluding carboxylic acids is 2. The highest BCUT2D eigenvalue weighted by molar-refractivity contribution is 7.22. The maximum absolute atomic E-state index is 13.3. The van der Waals surface area contributed by atoms with Crippen LogP contribution < -0.4 is 11.1 Å². The number of methoxy groups -OCH3 is 1. The van der Waals surface area contributed by atoms with Crippen molar-refractivity contribution in [1.82, 2.24) is 4.98 Å². The molecule has 1 amide bonds. The van der Waals surface area contributed by atoms with Gasteiger partial charge >= 0.3 is 5.97 Å². The first-order valence-corrected chi connectivity index (χ1v) is 12.3. The molecule has 4 aromatic rings. The molecule has 33 heavy (non-hydrogen) atoms. The van der Waals surface area contributed by atoms with Gasteiger partial charge in [0.25, 0.3) is 5.91 Å². The van der Waals surface area contributed by atoms with Gasteiger partial charge in [-0.2, -0.15) is 0 Å². The quantitative estimate of drug-likeness (QED) is 0.359. The van der Waals surface area contributed by atoms with E-state index in [4.69, 9.17) is 10.5 Å². The molecule has 3 N–H and O–H groups in total. The SMILES string of the molecule is COC(=O)c1c(NC(=O)c2sc3nc(C(C)C)ccc3c2N)sc2c1CCc1ccccc1-2. The Bertz CT molecular complexity index is 1420. The minimum atomic E-state index is -0.449. The molecule has 0 fully saturated rings. The summed E-state index contributed by atoms with van der Waals surface area (Å²) < 4.78 is 5.07. The van der Waals surface area contributed by atoms with Crippen LogP contribution in [0, 0.1) is 0 Å². The number of hydrogen-bond donors (Lipinski definition) is 2. The fraction of sp³-hybridized carbons (Fsp3) is 0.240. The summed E-state index contributed by atoms with van der Waals surface area (Å²) in [5.74, 6) is -0.522. The first kappa shape index (κ1) is 21.6. The maximum atomic E-state index is 13.3. The standard InChI is InChI=1S/C25H23N3O3S2/c1-12(2)17-11-10-16-19(26)21(33-23(16)27-17)22(29)28-24-18(25(30)31-3)15-9-8-13-6-4-5-7-14(13)20(15)32-24/h4-7,10-12H,8-9,26H2,1-3H3,(H,28,29). The predicted molar refractivity (Wildman–Crippen MR) is 135 cm³/mol. The van der Waals surface area contributed by atoms with E-state index in [0.717, 1.165) is 44.8 Å². The summed E-state index contributed by atoms with van der Waals surface area (Å²) in [6.45, 7) is 4.15. The lowest BCUT2D eigenvalue weighted by Gasteiger charge is -2.16. The zero-order chi connectivity index (χ0) is 23.3. The molecule has 8 heteroatoms. The fourth-order valence-corrected chi connectivity index (χ4v) is 6.50. The highest BCUT2D eigenvalue weighted by atomic mass is 32.1. The van der Waals surface area contributed by atoms with Gasteiger partial charge in [0.15, 0.2) is 0 Å². The number of nitrogen functional groups attached to an aromatic ring is 1. The Morgan fingerprint density at radius 3 is 2.67 bits per heavy atom. The maximum Gasteiger partial charge on any atom is 0.341 e. The van der Waals surface area contributed by atoms with Crippen LogP contribution in [0.5, 0.6) is 0 Å². The monoisotopic (exact) mass is 477 g/mol. The first-order chi connectivity index (χ1) is 15.9. The number of carbonyl (C=O) groups is 2. The Kier molecular flexibility index (Phi) is 5.42. The van der Waals surface area contributed by atoms with Crippen LogP contribution in [0.1, 0.15) is 56.6 Å². The number of aromatic nitrogens is 1. The van der Waals surface area contributed by atoms with E-state index < -0.39 is 5.97 Å². The second kappa shape index (κ2) is 8.28. The molecule has 0 saturated heterocycles. The van der Waals surface area contributed by atoms with E-state index in [-0.39, 0.29) is 11.8 Å². The Morgan fingerprint density at radius 1 is 1.12 bits per heavy atom. The summed E-state index contributed by atoms with van der Waals surface area (Å²) in [7, 11) is 1.36. The largest absolute Gasteiger partial charge is 0.465 e. The lowest BCUT2D eigenvalue weighted by atomic mass is 9.89. The molecule has 0 unspecified atom stereocenters. The molecule has 3 aromatic heterocycles. The van der Waals surface area contributed by atoms with Crippen molar-refractivity contribution in [3.63, 3.8) is 0 Å². The van der Waals surface area contributed by atoms with Gasteiger partial charge in [0, 0.05) is 16.0 Å². The smallest absolute Gasteiger partial charge is 0.341 e. The van der Waals surface area contributed by atoms with Crippen LogP contribution in [0.2, 0.25) is 0 Å². The number of thiophene rings is 2. The van der Waals surface area contributed by atoms with Crippen molar-refractivity contribution in [2.45, 2.75) is 32.6 Å². The molecule has 3 heterocycles. The lowest BCUT2D eigenvalue weighted by molar-refractivity contribution is 0.0601. The number of aryl methyl sites for hydroxylation is 1. The van der Waals surface area contributed by atoms with Crippen LogP contribution >= 0.6 is 22.7 Å². The van der Waals surface area contributed by atoms with E-state index in [1.165, 1.54) is 35.3 Å². The van der Waals surface area contributed by atoms with Crippen LogP contribution in [-0.2, 0) is 17.6 Å². The van der Waals surface area contributed by atoms with E-state index in [0.29, 0.717) is 21.1 Å². The number of nitrogens with one attached hydrogen (secondary N) is 1.